The molecule has 0 N–H and O–H groups in total. The Morgan fingerprint density at radius 3 is 0.869 bits per heavy atom. The Hall–Kier alpha value is -7.09. The van der Waals surface area contributed by atoms with Crippen molar-refractivity contribution in [2.24, 2.45) is 4.99 Å². The molecule has 7 aromatic carbocycles. The molecule has 0 aromatic heterocycles. The van der Waals surface area contributed by atoms with Gasteiger partial charge in [0.05, 0.1) is 44.5 Å². The molecule has 1 heterocycles. The number of rotatable bonds is 14. The van der Waals surface area contributed by atoms with Crippen molar-refractivity contribution in [3.05, 3.63) is 249 Å². The molecule has 2 saturated carbocycles. The van der Waals surface area contributed by atoms with Crippen LogP contribution in [0.1, 0.15) is 158 Å². The minimum absolute atomic E-state index is 0. The summed E-state index contributed by atoms with van der Waals surface area (Å²) in [5.74, 6) is 0.761. The largest absolute Gasteiger partial charge is 0.472 e. The third-order valence-electron chi connectivity index (χ3n) is 19.2. The molecule has 0 spiro atoms. The van der Waals surface area contributed by atoms with Crippen molar-refractivity contribution < 1.29 is 135 Å². The van der Waals surface area contributed by atoms with Crippen LogP contribution in [-0.4, -0.2) is 41.1 Å². The van der Waals surface area contributed by atoms with Gasteiger partial charge in [-0.3, -0.25) is 0 Å². The van der Waals surface area contributed by atoms with Crippen LogP contribution in [0, 0.1) is 0 Å². The maximum Gasteiger partial charge on any atom is 0.416 e. The molecule has 2 atom stereocenters. The number of benzene rings is 7. The number of nitrogens with zero attached hydrogens (tertiary/aromatic N) is 1. The Bertz CT molecular complexity index is 3630. The number of allylic oxidation sites excluding steroid dienone is 4. The molecular weight excluding hydrogens is 1660 g/mol. The van der Waals surface area contributed by atoms with E-state index in [9.17, 15) is 105 Å². The van der Waals surface area contributed by atoms with Crippen molar-refractivity contribution in [3.63, 3.8) is 0 Å². The van der Waals surface area contributed by atoms with Gasteiger partial charge >= 0.3 is 49.4 Å². The topological polar surface area (TPSA) is 30.8 Å². The first kappa shape index (κ1) is 85.5. The van der Waals surface area contributed by atoms with Gasteiger partial charge in [0, 0.05) is 58.0 Å². The Balaban J connectivity index is 0.000000251. The van der Waals surface area contributed by atoms with Gasteiger partial charge in [0.1, 0.15) is 23.9 Å². The Morgan fingerprint density at radius 2 is 0.617 bits per heavy atom. The van der Waals surface area contributed by atoms with E-state index in [0.29, 0.717) is 11.3 Å². The summed E-state index contributed by atoms with van der Waals surface area (Å²) in [5.41, 5.74) is -25.6. The predicted molar refractivity (Wildman–Crippen MR) is 359 cm³/mol. The number of hydrogen-bond acceptors (Lipinski definition) is 3. The second kappa shape index (κ2) is 34.4. The second-order valence-corrected chi connectivity index (χ2v) is 29.2. The first-order valence-corrected chi connectivity index (χ1v) is 35.4. The smallest absolute Gasteiger partial charge is 0.416 e. The third-order valence-corrected chi connectivity index (χ3v) is 22.2. The zero-order chi connectivity index (χ0) is 77.5. The van der Waals surface area contributed by atoms with E-state index in [-0.39, 0.29) is 32.3 Å². The Labute approximate surface area is 616 Å². The monoisotopic (exact) mass is 1730 g/mol. The Kier molecular flexibility index (Phi) is 27.5. The SMILES string of the molecule is C1=C\CC/C=C\CC/1.C[C@@H]1OC(c2ccccc2)=N[C@H]1C(Cc1ccccc1)(Cc1ccccc1)OP(C1CCCCC1)C1CCCCC1.FC(F)(F)c1cc([B-](c2cc(C(F)(F)F)cc(C(F)(F)F)c2)(c2cc(C(F)(F)F)cc(C(F)(F)F)c2)c2cc(C(F)(F)F)cc(C(F)(F)F)c2)cc(C(F)(F)F)c1.[Ir]. The summed E-state index contributed by atoms with van der Waals surface area (Å²) in [6.45, 7) is 2.21. The first-order chi connectivity index (χ1) is 49.5. The number of alkyl halides is 24. The zero-order valence-electron chi connectivity index (χ0n) is 56.7. The molecule has 3 nitrogen and oxygen atoms in total. The molecule has 1 radical (unpaired) electrons. The van der Waals surface area contributed by atoms with Crippen LogP contribution in [0.25, 0.3) is 0 Å². The molecular formula is C77H70BF24IrNO2P-. The van der Waals surface area contributed by atoms with Crippen molar-refractivity contribution in [2.75, 3.05) is 0 Å². The molecule has 581 valence electrons. The fourth-order valence-electron chi connectivity index (χ4n) is 14.3. The van der Waals surface area contributed by atoms with Gasteiger partial charge < -0.3 is 9.26 Å². The zero-order valence-corrected chi connectivity index (χ0v) is 60.0. The molecule has 0 amide bonds. The van der Waals surface area contributed by atoms with Gasteiger partial charge in [-0.05, 0) is 106 Å². The van der Waals surface area contributed by atoms with E-state index in [2.05, 4.69) is 122 Å². The first-order valence-electron chi connectivity index (χ1n) is 34.0. The number of halogens is 24. The van der Waals surface area contributed by atoms with Gasteiger partial charge in [0.25, 0.3) is 0 Å². The normalized spacial score (nSPS) is 18.3. The molecule has 0 saturated heterocycles. The molecule has 1 aliphatic heterocycles. The van der Waals surface area contributed by atoms with Crippen molar-refractivity contribution in [1.29, 1.82) is 0 Å². The maximum atomic E-state index is 14.2. The van der Waals surface area contributed by atoms with E-state index in [4.69, 9.17) is 14.3 Å². The quantitative estimate of drug-likeness (QED) is 0.0470. The average Bonchev–Trinajstić information content (AvgIpc) is 1.18. The molecule has 107 heavy (non-hydrogen) atoms. The fraction of sp³-hybridized carbons (Fsp3) is 0.390. The van der Waals surface area contributed by atoms with E-state index in [1.165, 1.54) is 101 Å². The molecule has 0 bridgehead atoms. The van der Waals surface area contributed by atoms with Gasteiger partial charge in [0.15, 0.2) is 0 Å². The number of ether oxygens (including phenoxy) is 1. The molecule has 4 aliphatic rings. The van der Waals surface area contributed by atoms with Crippen molar-refractivity contribution in [2.45, 2.75) is 188 Å². The van der Waals surface area contributed by atoms with Gasteiger partial charge in [-0.1, -0.05) is 190 Å². The summed E-state index contributed by atoms with van der Waals surface area (Å²) in [6.07, 6.45) is -25.7. The summed E-state index contributed by atoms with van der Waals surface area (Å²) >= 11 is 0. The summed E-state index contributed by atoms with van der Waals surface area (Å²) in [4.78, 5) is 5.43. The van der Waals surface area contributed by atoms with Crippen LogP contribution in [0.2, 0.25) is 0 Å². The fourth-order valence-corrected chi connectivity index (χ4v) is 17.6. The van der Waals surface area contributed by atoms with Gasteiger partial charge in [-0.15, -0.1) is 0 Å². The minimum atomic E-state index is -6.13. The van der Waals surface area contributed by atoms with Crippen LogP contribution < -0.4 is 21.9 Å². The third kappa shape index (κ3) is 21.9. The summed E-state index contributed by atoms with van der Waals surface area (Å²) < 4.78 is 355. The van der Waals surface area contributed by atoms with Gasteiger partial charge in [-0.2, -0.15) is 127 Å². The van der Waals surface area contributed by atoms with Crippen molar-refractivity contribution in [3.8, 4) is 0 Å². The molecule has 2 fully saturated rings. The van der Waals surface area contributed by atoms with E-state index >= 15 is 0 Å². The molecule has 11 rings (SSSR count). The number of aliphatic imine (C=N–C) groups is 1. The maximum absolute atomic E-state index is 14.2. The summed E-state index contributed by atoms with van der Waals surface area (Å²) in [5, 5.41) is 0. The predicted octanol–water partition coefficient (Wildman–Crippen LogP) is 23.4. The molecule has 30 heteroatoms. The van der Waals surface area contributed by atoms with Crippen LogP contribution in [0.5, 0.6) is 0 Å². The molecule has 0 unspecified atom stereocenters. The standard InChI is InChI=1S/C37H46NO2P.C32H12BF24.C8H12.Ir/c1-29-35(38-36(39-29)32-21-11-4-12-22-32)37(27-30-17-7-2-8-18-30,28-31-19-9-3-10-20-31)40-41(33-23-13-5-14-24-33)34-25-15-6-16-26-34;34-25(35,36)13-1-14(26(37,38)39)6-21(5-13)33(22-7-15(27(40,41)42)2-16(8-22)28(43,44)45,23-9-17(29(46,47)48)3-18(10-23)30(49,50)51)24-11-19(31(52,53)54)4-20(12-24)32(55,56)57;1-2-4-6-8-7-5-3-1;/h2-4,7-12,17-22,29,33-35H,5-6,13-16,23-28H2,1H3;1-12H;1-2,7-8H,3-6H2;/q;-1;;/b;;2-1-,8-7-;/t29-,35+;;;/m0.../s1. The minimum Gasteiger partial charge on any atom is -0.472 e. The summed E-state index contributed by atoms with van der Waals surface area (Å²) in [7, 11) is -0.606. The molecule has 3 aliphatic carbocycles. The summed E-state index contributed by atoms with van der Waals surface area (Å²) in [6, 6.07) is 23.5. The van der Waals surface area contributed by atoms with E-state index in [1.807, 2.05) is 0 Å². The van der Waals surface area contributed by atoms with E-state index in [0.717, 1.165) is 24.3 Å². The molecule has 7 aromatic rings. The van der Waals surface area contributed by atoms with Crippen LogP contribution in [0.4, 0.5) is 105 Å². The van der Waals surface area contributed by atoms with E-state index < -0.39 is 208 Å². The second-order valence-electron chi connectivity index (χ2n) is 26.8. The van der Waals surface area contributed by atoms with Gasteiger partial charge in [0.2, 0.25) is 5.90 Å². The Morgan fingerprint density at radius 1 is 0.364 bits per heavy atom. The van der Waals surface area contributed by atoms with Gasteiger partial charge in [-0.25, -0.2) is 4.99 Å². The average molecular weight is 1730 g/mol. The van der Waals surface area contributed by atoms with Crippen LogP contribution in [0.15, 0.2) is 193 Å². The van der Waals surface area contributed by atoms with Crippen molar-refractivity contribution >= 4 is 42.0 Å². The van der Waals surface area contributed by atoms with E-state index in [1.54, 1.807) is 0 Å². The van der Waals surface area contributed by atoms with Crippen LogP contribution in [-0.2, 0) is 91.6 Å². The number of hydrogen-bond donors (Lipinski definition) is 0. The van der Waals surface area contributed by atoms with Crippen molar-refractivity contribution in [1.82, 2.24) is 0 Å². The van der Waals surface area contributed by atoms with Crippen LogP contribution >= 0.6 is 8.15 Å². The van der Waals surface area contributed by atoms with Crippen LogP contribution in [0.3, 0.4) is 0 Å².